The molecular formula is C18H22N2O5. The number of nitrogens with one attached hydrogen (secondary N) is 1. The molecule has 0 bridgehead atoms. The highest BCUT2D eigenvalue weighted by atomic mass is 16.5. The minimum atomic E-state index is -0.892. The van der Waals surface area contributed by atoms with Crippen molar-refractivity contribution >= 4 is 11.9 Å². The van der Waals surface area contributed by atoms with Crippen LogP contribution in [0.15, 0.2) is 18.2 Å². The van der Waals surface area contributed by atoms with Crippen molar-refractivity contribution in [3.8, 4) is 17.6 Å². The molecule has 25 heavy (non-hydrogen) atoms. The van der Waals surface area contributed by atoms with Gasteiger partial charge in [-0.05, 0) is 31.9 Å². The van der Waals surface area contributed by atoms with Crippen LogP contribution in [0, 0.1) is 17.2 Å². The summed E-state index contributed by atoms with van der Waals surface area (Å²) in [6.45, 7) is 1.51. The summed E-state index contributed by atoms with van der Waals surface area (Å²) < 4.78 is 10.6. The summed E-state index contributed by atoms with van der Waals surface area (Å²) in [7, 11) is 1.45. The number of rotatable bonds is 6. The molecule has 0 aromatic heterocycles. The van der Waals surface area contributed by atoms with E-state index >= 15 is 0 Å². The summed E-state index contributed by atoms with van der Waals surface area (Å²) in [5.41, 5.74) is -0.355. The highest BCUT2D eigenvalue weighted by Gasteiger charge is 2.42. The first-order valence-corrected chi connectivity index (χ1v) is 8.14. The number of hydrogen-bond donors (Lipinski definition) is 2. The first kappa shape index (κ1) is 18.6. The summed E-state index contributed by atoms with van der Waals surface area (Å²) in [6.07, 6.45) is 2.90. The minimum Gasteiger partial charge on any atom is -0.493 e. The number of methoxy groups -OCH3 is 1. The van der Waals surface area contributed by atoms with Gasteiger partial charge >= 0.3 is 5.97 Å². The zero-order chi connectivity index (χ0) is 18.4. The quantitative estimate of drug-likeness (QED) is 0.816. The molecule has 0 aliphatic heterocycles. The van der Waals surface area contributed by atoms with E-state index < -0.39 is 17.4 Å². The van der Waals surface area contributed by atoms with Crippen LogP contribution in [0.3, 0.4) is 0 Å². The van der Waals surface area contributed by atoms with Crippen LogP contribution in [0.5, 0.6) is 11.5 Å². The molecule has 2 unspecified atom stereocenters. The van der Waals surface area contributed by atoms with E-state index in [1.807, 2.05) is 6.07 Å². The number of nitriles is 1. The van der Waals surface area contributed by atoms with Crippen molar-refractivity contribution < 1.29 is 24.2 Å². The molecule has 2 rings (SSSR count). The van der Waals surface area contributed by atoms with Crippen molar-refractivity contribution in [1.82, 2.24) is 5.32 Å². The second-order valence-electron chi connectivity index (χ2n) is 6.37. The van der Waals surface area contributed by atoms with Crippen LogP contribution in [0.1, 0.15) is 38.2 Å². The molecule has 1 saturated carbocycles. The third-order valence-corrected chi connectivity index (χ3v) is 4.58. The fourth-order valence-electron chi connectivity index (χ4n) is 3.23. The van der Waals surface area contributed by atoms with Gasteiger partial charge in [0, 0.05) is 6.07 Å². The van der Waals surface area contributed by atoms with E-state index in [2.05, 4.69) is 5.32 Å². The van der Waals surface area contributed by atoms with Crippen molar-refractivity contribution in [1.29, 1.82) is 5.26 Å². The zero-order valence-electron chi connectivity index (χ0n) is 14.4. The van der Waals surface area contributed by atoms with Gasteiger partial charge in [-0.1, -0.05) is 12.8 Å². The lowest BCUT2D eigenvalue weighted by molar-refractivity contribution is -0.146. The first-order valence-electron chi connectivity index (χ1n) is 8.14. The van der Waals surface area contributed by atoms with Gasteiger partial charge < -0.3 is 19.9 Å². The number of aliphatic carboxylic acids is 1. The van der Waals surface area contributed by atoms with E-state index in [9.17, 15) is 14.7 Å². The second kappa shape index (κ2) is 7.88. The topological polar surface area (TPSA) is 109 Å². The number of hydrogen-bond acceptors (Lipinski definition) is 5. The highest BCUT2D eigenvalue weighted by Crippen LogP contribution is 2.34. The molecule has 1 fully saturated rings. The molecule has 2 N–H and O–H groups in total. The Balaban J connectivity index is 2.01. The zero-order valence-corrected chi connectivity index (χ0v) is 14.4. The Morgan fingerprint density at radius 1 is 1.40 bits per heavy atom. The summed E-state index contributed by atoms with van der Waals surface area (Å²) in [5, 5.41) is 21.1. The van der Waals surface area contributed by atoms with Crippen molar-refractivity contribution in [3.05, 3.63) is 23.8 Å². The Kier molecular flexibility index (Phi) is 5.86. The monoisotopic (exact) mass is 346 g/mol. The Labute approximate surface area is 146 Å². The number of nitrogens with zero attached hydrogens (tertiary/aromatic N) is 1. The molecule has 1 aliphatic rings. The van der Waals surface area contributed by atoms with Crippen molar-refractivity contribution in [2.45, 2.75) is 38.1 Å². The maximum absolute atomic E-state index is 12.3. The molecule has 1 aromatic rings. The number of ether oxygens (including phenoxy) is 2. The molecule has 1 aliphatic carbocycles. The standard InChI is InChI=1S/C18H22N2O5/c1-18(8-4-3-5-13(18)17(22)23)20-16(21)11-25-14-7-6-12(10-19)9-15(14)24-2/h6-7,9,13H,3-5,8,11H2,1-2H3,(H,20,21)(H,22,23). The van der Waals surface area contributed by atoms with E-state index in [-0.39, 0.29) is 12.5 Å². The SMILES string of the molecule is COc1cc(C#N)ccc1OCC(=O)NC1(C)CCCCC1C(=O)O. The molecule has 1 aromatic carbocycles. The highest BCUT2D eigenvalue weighted by molar-refractivity contribution is 5.80. The lowest BCUT2D eigenvalue weighted by atomic mass is 9.74. The maximum atomic E-state index is 12.3. The molecular weight excluding hydrogens is 324 g/mol. The maximum Gasteiger partial charge on any atom is 0.308 e. The molecule has 7 nitrogen and oxygen atoms in total. The van der Waals surface area contributed by atoms with Crippen molar-refractivity contribution in [3.63, 3.8) is 0 Å². The van der Waals surface area contributed by atoms with Crippen molar-refractivity contribution in [2.75, 3.05) is 13.7 Å². The van der Waals surface area contributed by atoms with Crippen LogP contribution in [0.25, 0.3) is 0 Å². The normalized spacial score (nSPS) is 22.5. The molecule has 134 valence electrons. The molecule has 0 heterocycles. The summed E-state index contributed by atoms with van der Waals surface area (Å²) in [6, 6.07) is 6.65. The predicted octanol–water partition coefficient (Wildman–Crippen LogP) is 2.10. The third kappa shape index (κ3) is 4.41. The summed E-state index contributed by atoms with van der Waals surface area (Å²) in [4.78, 5) is 23.7. The lowest BCUT2D eigenvalue weighted by Gasteiger charge is -2.39. The van der Waals surface area contributed by atoms with Crippen LogP contribution in [0.4, 0.5) is 0 Å². The van der Waals surface area contributed by atoms with E-state index in [1.54, 1.807) is 19.1 Å². The number of carboxylic acid groups (broad SMARTS) is 1. The van der Waals surface area contributed by atoms with Crippen LogP contribution in [0.2, 0.25) is 0 Å². The van der Waals surface area contributed by atoms with Gasteiger partial charge in [-0.15, -0.1) is 0 Å². The van der Waals surface area contributed by atoms with Gasteiger partial charge in [-0.2, -0.15) is 5.26 Å². The number of benzene rings is 1. The molecule has 2 atom stereocenters. The van der Waals surface area contributed by atoms with Crippen LogP contribution < -0.4 is 14.8 Å². The average Bonchev–Trinajstić information content (AvgIpc) is 2.59. The smallest absolute Gasteiger partial charge is 0.308 e. The molecule has 0 radical (unpaired) electrons. The van der Waals surface area contributed by atoms with E-state index in [4.69, 9.17) is 14.7 Å². The van der Waals surface area contributed by atoms with Crippen molar-refractivity contribution in [2.24, 2.45) is 5.92 Å². The molecule has 7 heteroatoms. The summed E-state index contributed by atoms with van der Waals surface area (Å²) in [5.74, 6) is -1.17. The molecule has 1 amide bonds. The van der Waals surface area contributed by atoms with E-state index in [0.717, 1.165) is 12.8 Å². The van der Waals surface area contributed by atoms with Crippen LogP contribution in [-0.4, -0.2) is 36.2 Å². The average molecular weight is 346 g/mol. The molecule has 0 saturated heterocycles. The van der Waals surface area contributed by atoms with Crippen LogP contribution >= 0.6 is 0 Å². The van der Waals surface area contributed by atoms with Gasteiger partial charge in [0.15, 0.2) is 18.1 Å². The number of amides is 1. The number of carbonyl (C=O) groups excluding carboxylic acids is 1. The summed E-state index contributed by atoms with van der Waals surface area (Å²) >= 11 is 0. The third-order valence-electron chi connectivity index (χ3n) is 4.58. The van der Waals surface area contributed by atoms with Gasteiger partial charge in [-0.25, -0.2) is 0 Å². The molecule has 0 spiro atoms. The fourth-order valence-corrected chi connectivity index (χ4v) is 3.23. The van der Waals surface area contributed by atoms with Gasteiger partial charge in [-0.3, -0.25) is 9.59 Å². The van der Waals surface area contributed by atoms with E-state index in [1.165, 1.54) is 13.2 Å². The van der Waals surface area contributed by atoms with Crippen LogP contribution in [-0.2, 0) is 9.59 Å². The number of carboxylic acids is 1. The predicted molar refractivity (Wildman–Crippen MR) is 89.3 cm³/mol. The van der Waals surface area contributed by atoms with Gasteiger partial charge in [0.2, 0.25) is 0 Å². The first-order chi connectivity index (χ1) is 11.9. The Morgan fingerprint density at radius 3 is 2.80 bits per heavy atom. The van der Waals surface area contributed by atoms with Gasteiger partial charge in [0.1, 0.15) is 0 Å². The van der Waals surface area contributed by atoms with Gasteiger partial charge in [0.25, 0.3) is 5.91 Å². The second-order valence-corrected chi connectivity index (χ2v) is 6.37. The van der Waals surface area contributed by atoms with Gasteiger partial charge in [0.05, 0.1) is 30.2 Å². The van der Waals surface area contributed by atoms with E-state index in [0.29, 0.717) is 29.9 Å². The largest absolute Gasteiger partial charge is 0.493 e. The Hall–Kier alpha value is -2.75. The number of carbonyl (C=O) groups is 2. The minimum absolute atomic E-state index is 0.260. The fraction of sp³-hybridized carbons (Fsp3) is 0.500. The Bertz CT molecular complexity index is 697. The lowest BCUT2D eigenvalue weighted by Crippen LogP contribution is -2.56. The Morgan fingerprint density at radius 2 is 2.16 bits per heavy atom.